The molecule has 0 atom stereocenters. The molecule has 0 spiro atoms. The van der Waals surface area contributed by atoms with Crippen molar-refractivity contribution in [2.75, 3.05) is 11.4 Å². The Hall–Kier alpha value is -2.86. The van der Waals surface area contributed by atoms with Crippen LogP contribution in [-0.2, 0) is 0 Å². The Balaban J connectivity index is 1.87. The zero-order valence-corrected chi connectivity index (χ0v) is 13.9. The van der Waals surface area contributed by atoms with Crippen molar-refractivity contribution in [3.8, 4) is 10.6 Å². The second kappa shape index (κ2) is 7.14. The highest BCUT2D eigenvalue weighted by molar-refractivity contribution is 7.18. The summed E-state index contributed by atoms with van der Waals surface area (Å²) in [5, 5.41) is 9.60. The molecule has 2 aromatic carbocycles. The van der Waals surface area contributed by atoms with Crippen molar-refractivity contribution in [2.24, 2.45) is 0 Å². The first-order valence-electron chi connectivity index (χ1n) is 7.49. The van der Waals surface area contributed by atoms with Gasteiger partial charge in [0.2, 0.25) is 5.13 Å². The Morgan fingerprint density at radius 3 is 2.42 bits per heavy atom. The summed E-state index contributed by atoms with van der Waals surface area (Å²) in [6, 6.07) is 16.2. The van der Waals surface area contributed by atoms with Crippen molar-refractivity contribution in [2.45, 2.75) is 6.92 Å². The molecule has 0 aliphatic heterocycles. The van der Waals surface area contributed by atoms with Crippen molar-refractivity contribution in [3.05, 3.63) is 65.7 Å². The van der Waals surface area contributed by atoms with Gasteiger partial charge in [0.1, 0.15) is 11.3 Å². The summed E-state index contributed by atoms with van der Waals surface area (Å²) in [5.41, 5.74) is 2.09. The first-order valence-corrected chi connectivity index (χ1v) is 8.30. The van der Waals surface area contributed by atoms with Gasteiger partial charge in [-0.1, -0.05) is 53.8 Å². The molecule has 0 saturated heterocycles. The molecule has 6 heteroatoms. The SMILES string of the molecule is CCN(C(=O)c1ccccc1)c1nnc(-c2ccc(C=O)cc2)s1. The largest absolute Gasteiger partial charge is 0.298 e. The number of amides is 1. The number of aromatic nitrogens is 2. The van der Waals surface area contributed by atoms with E-state index in [4.69, 9.17) is 0 Å². The average molecular weight is 337 g/mol. The smallest absolute Gasteiger partial charge is 0.260 e. The molecule has 1 amide bonds. The van der Waals surface area contributed by atoms with Crippen LogP contribution in [0.15, 0.2) is 54.6 Å². The monoisotopic (exact) mass is 337 g/mol. The van der Waals surface area contributed by atoms with Crippen LogP contribution in [0.4, 0.5) is 5.13 Å². The molecule has 5 nitrogen and oxygen atoms in total. The highest BCUT2D eigenvalue weighted by Gasteiger charge is 2.20. The van der Waals surface area contributed by atoms with Crippen LogP contribution >= 0.6 is 11.3 Å². The highest BCUT2D eigenvalue weighted by Crippen LogP contribution is 2.29. The third-order valence-corrected chi connectivity index (χ3v) is 4.52. The van der Waals surface area contributed by atoms with Gasteiger partial charge in [0, 0.05) is 23.2 Å². The van der Waals surface area contributed by atoms with E-state index in [1.54, 1.807) is 29.2 Å². The van der Waals surface area contributed by atoms with E-state index < -0.39 is 0 Å². The van der Waals surface area contributed by atoms with Crippen molar-refractivity contribution in [1.29, 1.82) is 0 Å². The Kier molecular flexibility index (Phi) is 4.77. The van der Waals surface area contributed by atoms with Crippen molar-refractivity contribution < 1.29 is 9.59 Å². The van der Waals surface area contributed by atoms with Gasteiger partial charge in [0.25, 0.3) is 5.91 Å². The zero-order chi connectivity index (χ0) is 16.9. The van der Waals surface area contributed by atoms with E-state index in [2.05, 4.69) is 10.2 Å². The summed E-state index contributed by atoms with van der Waals surface area (Å²) in [7, 11) is 0. The van der Waals surface area contributed by atoms with Gasteiger partial charge in [0.05, 0.1) is 0 Å². The molecule has 3 rings (SSSR count). The predicted octanol–water partition coefficient (Wildman–Crippen LogP) is 3.68. The van der Waals surface area contributed by atoms with Crippen LogP contribution in [0, 0.1) is 0 Å². The molecule has 24 heavy (non-hydrogen) atoms. The first kappa shape index (κ1) is 16.0. The molecule has 0 fully saturated rings. The second-order valence-electron chi connectivity index (χ2n) is 5.05. The summed E-state index contributed by atoms with van der Waals surface area (Å²) < 4.78 is 0. The van der Waals surface area contributed by atoms with Crippen molar-refractivity contribution in [1.82, 2.24) is 10.2 Å². The number of carbonyl (C=O) groups excluding carboxylic acids is 2. The minimum atomic E-state index is -0.0999. The van der Waals surface area contributed by atoms with E-state index in [1.165, 1.54) is 11.3 Å². The molecule has 0 N–H and O–H groups in total. The van der Waals surface area contributed by atoms with Gasteiger partial charge in [-0.25, -0.2) is 0 Å². The maximum absolute atomic E-state index is 12.6. The number of hydrogen-bond donors (Lipinski definition) is 0. The van der Waals surface area contributed by atoms with Crippen LogP contribution in [0.2, 0.25) is 0 Å². The minimum Gasteiger partial charge on any atom is -0.298 e. The maximum Gasteiger partial charge on any atom is 0.260 e. The molecule has 1 heterocycles. The first-order chi connectivity index (χ1) is 11.7. The summed E-state index contributed by atoms with van der Waals surface area (Å²) in [6.07, 6.45) is 0.798. The molecule has 0 aliphatic rings. The Morgan fingerprint density at radius 1 is 1.08 bits per heavy atom. The van der Waals surface area contributed by atoms with Gasteiger partial charge >= 0.3 is 0 Å². The van der Waals surface area contributed by atoms with Crippen LogP contribution in [0.3, 0.4) is 0 Å². The number of aldehydes is 1. The van der Waals surface area contributed by atoms with Gasteiger partial charge in [-0.15, -0.1) is 10.2 Å². The molecule has 0 radical (unpaired) electrons. The molecular formula is C18H15N3O2S. The van der Waals surface area contributed by atoms with E-state index in [0.29, 0.717) is 27.8 Å². The van der Waals surface area contributed by atoms with Crippen LogP contribution in [0.1, 0.15) is 27.6 Å². The van der Waals surface area contributed by atoms with Gasteiger partial charge in [-0.3, -0.25) is 14.5 Å². The molecule has 3 aromatic rings. The predicted molar refractivity (Wildman–Crippen MR) is 94.5 cm³/mol. The van der Waals surface area contributed by atoms with Gasteiger partial charge in [-0.05, 0) is 19.1 Å². The maximum atomic E-state index is 12.6. The lowest BCUT2D eigenvalue weighted by atomic mass is 10.2. The number of benzene rings is 2. The fraction of sp³-hybridized carbons (Fsp3) is 0.111. The summed E-state index contributed by atoms with van der Waals surface area (Å²) in [4.78, 5) is 25.0. The lowest BCUT2D eigenvalue weighted by molar-refractivity contribution is 0.0987. The van der Waals surface area contributed by atoms with E-state index in [9.17, 15) is 9.59 Å². The summed E-state index contributed by atoms with van der Waals surface area (Å²) in [6.45, 7) is 2.41. The number of hydrogen-bond acceptors (Lipinski definition) is 5. The molecule has 0 unspecified atom stereocenters. The third-order valence-electron chi connectivity index (χ3n) is 3.52. The molecule has 0 bridgehead atoms. The summed E-state index contributed by atoms with van der Waals surface area (Å²) >= 11 is 1.35. The topological polar surface area (TPSA) is 63.2 Å². The molecule has 1 aromatic heterocycles. The third kappa shape index (κ3) is 3.23. The zero-order valence-electron chi connectivity index (χ0n) is 13.0. The standard InChI is InChI=1S/C18H15N3O2S/c1-2-21(17(23)15-6-4-3-5-7-15)18-20-19-16(24-18)14-10-8-13(12-22)9-11-14/h3-12H,2H2,1H3. The Labute approximate surface area is 143 Å². The van der Waals surface area contributed by atoms with Crippen LogP contribution in [0.25, 0.3) is 10.6 Å². The number of rotatable bonds is 5. The molecule has 0 aliphatic carbocycles. The van der Waals surface area contributed by atoms with E-state index in [-0.39, 0.29) is 5.91 Å². The fourth-order valence-electron chi connectivity index (χ4n) is 2.25. The van der Waals surface area contributed by atoms with Crippen LogP contribution in [0.5, 0.6) is 0 Å². The minimum absolute atomic E-state index is 0.0999. The van der Waals surface area contributed by atoms with Crippen molar-refractivity contribution >= 4 is 28.7 Å². The fourth-order valence-corrected chi connectivity index (χ4v) is 3.16. The van der Waals surface area contributed by atoms with Crippen LogP contribution in [-0.4, -0.2) is 28.9 Å². The average Bonchev–Trinajstić information content (AvgIpc) is 3.13. The normalized spacial score (nSPS) is 10.4. The lowest BCUT2D eigenvalue weighted by Crippen LogP contribution is -2.30. The quantitative estimate of drug-likeness (QED) is 0.666. The lowest BCUT2D eigenvalue weighted by Gasteiger charge is -2.16. The van der Waals surface area contributed by atoms with E-state index in [1.807, 2.05) is 37.3 Å². The van der Waals surface area contributed by atoms with Crippen LogP contribution < -0.4 is 4.90 Å². The Morgan fingerprint density at radius 2 is 1.79 bits per heavy atom. The van der Waals surface area contributed by atoms with Crippen molar-refractivity contribution in [3.63, 3.8) is 0 Å². The highest BCUT2D eigenvalue weighted by atomic mass is 32.1. The Bertz CT molecular complexity index is 844. The van der Waals surface area contributed by atoms with Gasteiger partial charge < -0.3 is 0 Å². The summed E-state index contributed by atoms with van der Waals surface area (Å²) in [5.74, 6) is -0.0999. The van der Waals surface area contributed by atoms with E-state index in [0.717, 1.165) is 11.8 Å². The van der Waals surface area contributed by atoms with Gasteiger partial charge in [0.15, 0.2) is 0 Å². The molecule has 120 valence electrons. The molecular weight excluding hydrogens is 322 g/mol. The van der Waals surface area contributed by atoms with Gasteiger partial charge in [-0.2, -0.15) is 0 Å². The number of carbonyl (C=O) groups is 2. The number of nitrogens with zero attached hydrogens (tertiary/aromatic N) is 3. The molecule has 0 saturated carbocycles. The number of anilines is 1. The second-order valence-corrected chi connectivity index (χ2v) is 6.00. The van der Waals surface area contributed by atoms with E-state index >= 15 is 0 Å².